The third kappa shape index (κ3) is 2.71. The smallest absolute Gasteiger partial charge is 0.328 e. The number of rotatable bonds is 5. The summed E-state index contributed by atoms with van der Waals surface area (Å²) in [5.74, 6) is -1.74. The number of nitro benzene ring substituents is 1. The predicted octanol–water partition coefficient (Wildman–Crippen LogP) is 2.36. The van der Waals surface area contributed by atoms with E-state index in [1.165, 1.54) is 31.3 Å². The first-order valence-corrected chi connectivity index (χ1v) is 8.46. The van der Waals surface area contributed by atoms with Crippen LogP contribution in [0.15, 0.2) is 24.3 Å². The highest BCUT2D eigenvalue weighted by Crippen LogP contribution is 2.52. The number of nitrogens with one attached hydrogen (secondary N) is 1. The molecule has 144 valence electrons. The van der Waals surface area contributed by atoms with Crippen LogP contribution in [0, 0.1) is 16.0 Å². The van der Waals surface area contributed by atoms with Crippen LogP contribution in [-0.2, 0) is 17.4 Å². The Morgan fingerprint density at radius 1 is 1.30 bits per heavy atom. The van der Waals surface area contributed by atoms with Gasteiger partial charge in [0, 0.05) is 24.7 Å². The Kier molecular flexibility index (Phi) is 4.35. The van der Waals surface area contributed by atoms with E-state index < -0.39 is 22.5 Å². The summed E-state index contributed by atoms with van der Waals surface area (Å²) in [5.41, 5.74) is -0.726. The number of carboxylic acid groups (broad SMARTS) is 1. The van der Waals surface area contributed by atoms with E-state index in [1.807, 2.05) is 13.8 Å². The first kappa shape index (κ1) is 18.7. The van der Waals surface area contributed by atoms with Crippen molar-refractivity contribution in [3.05, 3.63) is 51.1 Å². The SMILES string of the molecule is CC(C)C[C@]1(C(=O)O)N[C@@H](c2ccc([N+](=O)[O-])cc2)c2c1c(O)n(C)c2O. The number of hydrogen-bond acceptors (Lipinski definition) is 6. The monoisotopic (exact) mass is 375 g/mol. The zero-order chi connectivity index (χ0) is 20.1. The summed E-state index contributed by atoms with van der Waals surface area (Å²) in [6, 6.07) is 4.93. The lowest BCUT2D eigenvalue weighted by Crippen LogP contribution is -2.47. The molecule has 2 heterocycles. The van der Waals surface area contributed by atoms with Crippen LogP contribution in [0.4, 0.5) is 5.69 Å². The molecule has 0 radical (unpaired) electrons. The lowest BCUT2D eigenvalue weighted by Gasteiger charge is -2.29. The number of aliphatic carboxylic acids is 1. The molecule has 9 heteroatoms. The maximum atomic E-state index is 12.3. The number of hydrogen-bond donors (Lipinski definition) is 4. The summed E-state index contributed by atoms with van der Waals surface area (Å²) in [6.07, 6.45) is 0.190. The van der Waals surface area contributed by atoms with E-state index in [1.54, 1.807) is 0 Å². The average Bonchev–Trinajstić information content (AvgIpc) is 3.05. The van der Waals surface area contributed by atoms with Crippen molar-refractivity contribution in [3.8, 4) is 11.8 Å². The van der Waals surface area contributed by atoms with Crippen molar-refractivity contribution < 1.29 is 25.0 Å². The molecule has 4 N–H and O–H groups in total. The van der Waals surface area contributed by atoms with Crippen molar-refractivity contribution in [3.63, 3.8) is 0 Å². The molecule has 0 saturated carbocycles. The van der Waals surface area contributed by atoms with Crippen LogP contribution in [0.1, 0.15) is 43.0 Å². The molecule has 0 spiro atoms. The van der Waals surface area contributed by atoms with Gasteiger partial charge in [-0.25, -0.2) is 4.79 Å². The largest absolute Gasteiger partial charge is 0.494 e. The van der Waals surface area contributed by atoms with Gasteiger partial charge in [-0.1, -0.05) is 26.0 Å². The van der Waals surface area contributed by atoms with Crippen LogP contribution >= 0.6 is 0 Å². The van der Waals surface area contributed by atoms with Gasteiger partial charge in [0.05, 0.1) is 16.5 Å². The van der Waals surface area contributed by atoms with E-state index in [2.05, 4.69) is 5.32 Å². The summed E-state index contributed by atoms with van der Waals surface area (Å²) in [4.78, 5) is 22.6. The number of non-ortho nitro benzene ring substituents is 1. The molecule has 2 atom stereocenters. The van der Waals surface area contributed by atoms with E-state index in [-0.39, 0.29) is 40.9 Å². The fourth-order valence-electron chi connectivity index (χ4n) is 3.83. The Morgan fingerprint density at radius 3 is 2.37 bits per heavy atom. The standard InChI is InChI=1S/C18H21N3O6/c1-9(2)8-18(17(24)25)13-12(15(22)20(3)16(13)23)14(19-18)10-4-6-11(7-5-10)21(26)27/h4-7,9,14,19,22-23H,8H2,1-3H3,(H,24,25)/t14-,18-/m0/s1. The maximum Gasteiger partial charge on any atom is 0.328 e. The second kappa shape index (κ2) is 6.27. The summed E-state index contributed by atoms with van der Waals surface area (Å²) in [7, 11) is 1.44. The molecule has 9 nitrogen and oxygen atoms in total. The normalized spacial score (nSPS) is 21.4. The number of carbonyl (C=O) groups is 1. The fourth-order valence-corrected chi connectivity index (χ4v) is 3.83. The van der Waals surface area contributed by atoms with Crippen LogP contribution in [0.2, 0.25) is 0 Å². The van der Waals surface area contributed by atoms with Crippen molar-refractivity contribution in [2.75, 3.05) is 0 Å². The Hall–Kier alpha value is -3.07. The summed E-state index contributed by atoms with van der Waals surface area (Å²) >= 11 is 0. The lowest BCUT2D eigenvalue weighted by molar-refractivity contribution is -0.384. The van der Waals surface area contributed by atoms with Crippen LogP contribution in [0.5, 0.6) is 11.8 Å². The van der Waals surface area contributed by atoms with Crippen molar-refractivity contribution in [1.82, 2.24) is 9.88 Å². The van der Waals surface area contributed by atoms with E-state index in [0.717, 1.165) is 4.57 Å². The lowest BCUT2D eigenvalue weighted by atomic mass is 9.84. The highest BCUT2D eigenvalue weighted by atomic mass is 16.6. The van der Waals surface area contributed by atoms with Gasteiger partial charge in [-0.05, 0) is 17.9 Å². The maximum absolute atomic E-state index is 12.3. The molecule has 0 fully saturated rings. The van der Waals surface area contributed by atoms with Gasteiger partial charge in [-0.3, -0.25) is 20.0 Å². The quantitative estimate of drug-likeness (QED) is 0.465. The Labute approximate surface area is 155 Å². The number of aromatic hydroxyl groups is 2. The topological polar surface area (TPSA) is 138 Å². The van der Waals surface area contributed by atoms with Gasteiger partial charge in [0.2, 0.25) is 0 Å². The molecule has 0 unspecified atom stereocenters. The number of nitrogens with zero attached hydrogens (tertiary/aromatic N) is 2. The minimum atomic E-state index is -1.58. The van der Waals surface area contributed by atoms with Crippen LogP contribution in [0.3, 0.4) is 0 Å². The zero-order valence-electron chi connectivity index (χ0n) is 15.1. The highest BCUT2D eigenvalue weighted by molar-refractivity contribution is 5.85. The van der Waals surface area contributed by atoms with Crippen LogP contribution < -0.4 is 5.32 Å². The van der Waals surface area contributed by atoms with Gasteiger partial charge in [-0.2, -0.15) is 0 Å². The first-order valence-electron chi connectivity index (χ1n) is 8.46. The van der Waals surface area contributed by atoms with Gasteiger partial charge in [0.1, 0.15) is 5.54 Å². The average molecular weight is 375 g/mol. The second-order valence-electron chi connectivity index (χ2n) is 7.23. The van der Waals surface area contributed by atoms with Crippen molar-refractivity contribution in [1.29, 1.82) is 0 Å². The minimum Gasteiger partial charge on any atom is -0.494 e. The Morgan fingerprint density at radius 2 is 1.89 bits per heavy atom. The zero-order valence-corrected chi connectivity index (χ0v) is 15.1. The summed E-state index contributed by atoms with van der Waals surface area (Å²) < 4.78 is 1.14. The Balaban J connectivity index is 2.21. The molecule has 3 rings (SSSR count). The molecule has 0 aliphatic carbocycles. The van der Waals surface area contributed by atoms with Crippen molar-refractivity contribution >= 4 is 11.7 Å². The summed E-state index contributed by atoms with van der Waals surface area (Å²) in [5, 5.41) is 45.0. The number of aromatic nitrogens is 1. The van der Waals surface area contributed by atoms with Gasteiger partial charge >= 0.3 is 5.97 Å². The van der Waals surface area contributed by atoms with E-state index in [4.69, 9.17) is 0 Å². The molecule has 0 amide bonds. The fraction of sp³-hybridized carbons (Fsp3) is 0.389. The van der Waals surface area contributed by atoms with E-state index >= 15 is 0 Å². The molecule has 1 aromatic heterocycles. The van der Waals surface area contributed by atoms with Gasteiger partial charge in [-0.15, -0.1) is 0 Å². The van der Waals surface area contributed by atoms with Gasteiger partial charge in [0.25, 0.3) is 5.69 Å². The first-order chi connectivity index (χ1) is 12.6. The number of fused-ring (bicyclic) bond motifs is 1. The number of benzene rings is 1. The number of nitro groups is 1. The molecule has 0 saturated heterocycles. The molecule has 1 aromatic carbocycles. The van der Waals surface area contributed by atoms with Crippen LogP contribution in [-0.4, -0.2) is 30.8 Å². The van der Waals surface area contributed by atoms with E-state index in [0.29, 0.717) is 5.56 Å². The van der Waals surface area contributed by atoms with Crippen molar-refractivity contribution in [2.45, 2.75) is 31.8 Å². The molecular formula is C18H21N3O6. The third-order valence-electron chi connectivity index (χ3n) is 4.99. The second-order valence-corrected chi connectivity index (χ2v) is 7.23. The molecule has 27 heavy (non-hydrogen) atoms. The molecular weight excluding hydrogens is 354 g/mol. The molecule has 1 aliphatic heterocycles. The van der Waals surface area contributed by atoms with E-state index in [9.17, 15) is 30.2 Å². The third-order valence-corrected chi connectivity index (χ3v) is 4.99. The predicted molar refractivity (Wildman–Crippen MR) is 95.6 cm³/mol. The highest BCUT2D eigenvalue weighted by Gasteiger charge is 2.54. The molecule has 0 bridgehead atoms. The van der Waals surface area contributed by atoms with Crippen molar-refractivity contribution in [2.24, 2.45) is 13.0 Å². The van der Waals surface area contributed by atoms with Gasteiger partial charge in [0.15, 0.2) is 11.8 Å². The minimum absolute atomic E-state index is 0.0150. The Bertz CT molecular complexity index is 918. The summed E-state index contributed by atoms with van der Waals surface area (Å²) in [6.45, 7) is 3.73. The molecule has 2 aromatic rings. The van der Waals surface area contributed by atoms with Gasteiger partial charge < -0.3 is 15.3 Å². The number of carboxylic acids is 1. The van der Waals surface area contributed by atoms with Crippen LogP contribution in [0.25, 0.3) is 0 Å². The molecule has 1 aliphatic rings.